The first-order chi connectivity index (χ1) is 11.6. The molecule has 7 heteroatoms. The summed E-state index contributed by atoms with van der Waals surface area (Å²) >= 11 is 0. The number of benzene rings is 1. The fourth-order valence-electron chi connectivity index (χ4n) is 3.27. The number of hydrogen-bond donors (Lipinski definition) is 1. The first-order valence-electron chi connectivity index (χ1n) is 8.73. The lowest BCUT2D eigenvalue weighted by molar-refractivity contribution is 0.0750. The molecule has 0 bridgehead atoms. The van der Waals surface area contributed by atoms with Crippen LogP contribution >= 0.6 is 0 Å². The minimum Gasteiger partial charge on any atom is -0.285 e. The summed E-state index contributed by atoms with van der Waals surface area (Å²) in [4.78, 5) is 12.6. The minimum absolute atomic E-state index is 0.204. The smallest absolute Gasteiger partial charge is 0.265 e. The number of amides is 1. The fraction of sp³-hybridized carbons (Fsp3) is 0.588. The van der Waals surface area contributed by atoms with Crippen molar-refractivity contribution in [3.8, 4) is 0 Å². The Morgan fingerprint density at radius 1 is 0.917 bits per heavy atom. The molecule has 0 unspecified atom stereocenters. The number of piperidine rings is 2. The zero-order valence-corrected chi connectivity index (χ0v) is 14.7. The van der Waals surface area contributed by atoms with Gasteiger partial charge >= 0.3 is 0 Å². The van der Waals surface area contributed by atoms with E-state index in [1.54, 1.807) is 18.2 Å². The zero-order valence-electron chi connectivity index (χ0n) is 13.9. The summed E-state index contributed by atoms with van der Waals surface area (Å²) in [6.45, 7) is 2.81. The van der Waals surface area contributed by atoms with Gasteiger partial charge in [-0.15, -0.1) is 0 Å². The van der Waals surface area contributed by atoms with Crippen molar-refractivity contribution in [2.24, 2.45) is 0 Å². The van der Waals surface area contributed by atoms with Gasteiger partial charge in [0.15, 0.2) is 0 Å². The van der Waals surface area contributed by atoms with Crippen molar-refractivity contribution in [3.05, 3.63) is 29.8 Å². The standard InChI is InChI=1S/C17H25N3O3S/c21-17(18-19-10-3-1-4-11-19)15-8-7-9-16(14-15)24(22,23)20-12-5-2-6-13-20/h7-9,14H,1-6,10-13H2,(H,18,21). The molecule has 0 spiro atoms. The highest BCUT2D eigenvalue weighted by molar-refractivity contribution is 7.89. The Morgan fingerprint density at radius 3 is 2.21 bits per heavy atom. The lowest BCUT2D eigenvalue weighted by Crippen LogP contribution is -2.45. The number of carbonyl (C=O) groups is 1. The van der Waals surface area contributed by atoms with Gasteiger partial charge in [0, 0.05) is 31.7 Å². The maximum Gasteiger partial charge on any atom is 0.265 e. The molecule has 1 aromatic carbocycles. The molecule has 2 fully saturated rings. The molecule has 0 aromatic heterocycles. The first-order valence-corrected chi connectivity index (χ1v) is 10.2. The molecule has 1 aromatic rings. The number of nitrogens with zero attached hydrogens (tertiary/aromatic N) is 2. The first kappa shape index (κ1) is 17.4. The molecule has 2 saturated heterocycles. The topological polar surface area (TPSA) is 69.7 Å². The second kappa shape index (κ2) is 7.63. The lowest BCUT2D eigenvalue weighted by Gasteiger charge is -2.27. The SMILES string of the molecule is O=C(NN1CCCCC1)c1cccc(S(=O)(=O)N2CCCCC2)c1. The molecule has 1 N–H and O–H groups in total. The van der Waals surface area contributed by atoms with Crippen LogP contribution in [0.3, 0.4) is 0 Å². The van der Waals surface area contributed by atoms with E-state index in [9.17, 15) is 13.2 Å². The van der Waals surface area contributed by atoms with Crippen LogP contribution in [0.25, 0.3) is 0 Å². The van der Waals surface area contributed by atoms with Gasteiger partial charge in [-0.25, -0.2) is 13.4 Å². The monoisotopic (exact) mass is 351 g/mol. The average Bonchev–Trinajstić information content (AvgIpc) is 2.63. The summed E-state index contributed by atoms with van der Waals surface area (Å²) < 4.78 is 27.0. The molecular weight excluding hydrogens is 326 g/mol. The van der Waals surface area contributed by atoms with Crippen molar-refractivity contribution in [3.63, 3.8) is 0 Å². The molecule has 0 radical (unpaired) electrons. The van der Waals surface area contributed by atoms with Gasteiger partial charge in [-0.1, -0.05) is 18.9 Å². The van der Waals surface area contributed by atoms with E-state index in [-0.39, 0.29) is 10.8 Å². The highest BCUT2D eigenvalue weighted by Gasteiger charge is 2.26. The Kier molecular flexibility index (Phi) is 5.53. The predicted molar refractivity (Wildman–Crippen MR) is 91.9 cm³/mol. The Labute approximate surface area is 143 Å². The maximum atomic E-state index is 12.7. The van der Waals surface area contributed by atoms with E-state index < -0.39 is 10.0 Å². The van der Waals surface area contributed by atoms with Crippen LogP contribution in [0.4, 0.5) is 0 Å². The largest absolute Gasteiger partial charge is 0.285 e. The number of nitrogens with one attached hydrogen (secondary N) is 1. The average molecular weight is 351 g/mol. The Bertz CT molecular complexity index is 678. The van der Waals surface area contributed by atoms with Gasteiger partial charge in [-0.2, -0.15) is 4.31 Å². The Balaban J connectivity index is 1.74. The van der Waals surface area contributed by atoms with Crippen LogP contribution in [0.15, 0.2) is 29.2 Å². The van der Waals surface area contributed by atoms with Crippen LogP contribution in [0.1, 0.15) is 48.9 Å². The van der Waals surface area contributed by atoms with E-state index >= 15 is 0 Å². The van der Waals surface area contributed by atoms with Gasteiger partial charge in [-0.05, 0) is 43.9 Å². The molecule has 6 nitrogen and oxygen atoms in total. The predicted octanol–water partition coefficient (Wildman–Crippen LogP) is 1.99. The van der Waals surface area contributed by atoms with Crippen molar-refractivity contribution in [1.82, 2.24) is 14.7 Å². The second-order valence-electron chi connectivity index (χ2n) is 6.48. The van der Waals surface area contributed by atoms with Gasteiger partial charge in [0.1, 0.15) is 0 Å². The molecule has 0 atom stereocenters. The third-order valence-corrected chi connectivity index (χ3v) is 6.56. The molecule has 0 aliphatic carbocycles. The van der Waals surface area contributed by atoms with E-state index in [1.807, 2.05) is 5.01 Å². The molecular formula is C17H25N3O3S. The van der Waals surface area contributed by atoms with Crippen LogP contribution in [-0.4, -0.2) is 49.8 Å². The van der Waals surface area contributed by atoms with Crippen molar-refractivity contribution in [2.75, 3.05) is 26.2 Å². The van der Waals surface area contributed by atoms with Crippen molar-refractivity contribution < 1.29 is 13.2 Å². The van der Waals surface area contributed by atoms with Crippen LogP contribution in [-0.2, 0) is 10.0 Å². The van der Waals surface area contributed by atoms with Gasteiger partial charge in [0.25, 0.3) is 5.91 Å². The minimum atomic E-state index is -3.51. The number of sulfonamides is 1. The van der Waals surface area contributed by atoms with Crippen LogP contribution < -0.4 is 5.43 Å². The van der Waals surface area contributed by atoms with E-state index in [0.29, 0.717) is 18.7 Å². The molecule has 132 valence electrons. The van der Waals surface area contributed by atoms with E-state index in [1.165, 1.54) is 16.8 Å². The molecule has 24 heavy (non-hydrogen) atoms. The third-order valence-electron chi connectivity index (χ3n) is 4.66. The summed E-state index contributed by atoms with van der Waals surface area (Å²) in [6, 6.07) is 6.36. The summed E-state index contributed by atoms with van der Waals surface area (Å²) in [5, 5.41) is 1.91. The zero-order chi connectivity index (χ0) is 17.0. The molecule has 2 heterocycles. The lowest BCUT2D eigenvalue weighted by atomic mass is 10.1. The fourth-order valence-corrected chi connectivity index (χ4v) is 4.83. The molecule has 3 rings (SSSR count). The maximum absolute atomic E-state index is 12.7. The van der Waals surface area contributed by atoms with Crippen LogP contribution in [0, 0.1) is 0 Å². The Morgan fingerprint density at radius 2 is 1.54 bits per heavy atom. The summed E-state index contributed by atoms with van der Waals surface area (Å²) in [6.07, 6.45) is 6.20. The highest BCUT2D eigenvalue weighted by Crippen LogP contribution is 2.21. The molecule has 0 saturated carbocycles. The van der Waals surface area contributed by atoms with E-state index in [2.05, 4.69) is 5.43 Å². The molecule has 2 aliphatic heterocycles. The molecule has 2 aliphatic rings. The summed E-state index contributed by atoms with van der Waals surface area (Å²) in [5.74, 6) is -0.243. The highest BCUT2D eigenvalue weighted by atomic mass is 32.2. The second-order valence-corrected chi connectivity index (χ2v) is 8.42. The number of carbonyl (C=O) groups excluding carboxylic acids is 1. The molecule has 1 amide bonds. The number of rotatable bonds is 4. The Hall–Kier alpha value is -1.44. The van der Waals surface area contributed by atoms with E-state index in [0.717, 1.165) is 45.2 Å². The van der Waals surface area contributed by atoms with Gasteiger partial charge in [0.05, 0.1) is 4.90 Å². The summed E-state index contributed by atoms with van der Waals surface area (Å²) in [7, 11) is -3.51. The van der Waals surface area contributed by atoms with Crippen molar-refractivity contribution >= 4 is 15.9 Å². The van der Waals surface area contributed by atoms with Crippen LogP contribution in [0.2, 0.25) is 0 Å². The van der Waals surface area contributed by atoms with Crippen molar-refractivity contribution in [2.45, 2.75) is 43.4 Å². The number of hydrogen-bond acceptors (Lipinski definition) is 4. The van der Waals surface area contributed by atoms with E-state index in [4.69, 9.17) is 0 Å². The summed E-state index contributed by atoms with van der Waals surface area (Å²) in [5.41, 5.74) is 3.27. The third kappa shape index (κ3) is 3.96. The quantitative estimate of drug-likeness (QED) is 0.901. The van der Waals surface area contributed by atoms with Gasteiger partial charge in [0.2, 0.25) is 10.0 Å². The van der Waals surface area contributed by atoms with Crippen LogP contribution in [0.5, 0.6) is 0 Å². The normalized spacial score (nSPS) is 20.7. The number of hydrazine groups is 1. The van der Waals surface area contributed by atoms with Crippen molar-refractivity contribution in [1.29, 1.82) is 0 Å². The van der Waals surface area contributed by atoms with Gasteiger partial charge < -0.3 is 0 Å². The van der Waals surface area contributed by atoms with Gasteiger partial charge in [-0.3, -0.25) is 10.2 Å².